The van der Waals surface area contributed by atoms with Crippen LogP contribution in [-0.4, -0.2) is 66.6 Å². The van der Waals surface area contributed by atoms with E-state index in [1.165, 1.54) is 32.9 Å². The van der Waals surface area contributed by atoms with Gasteiger partial charge in [-0.3, -0.25) is 9.59 Å². The van der Waals surface area contributed by atoms with Crippen LogP contribution in [0.4, 0.5) is 0 Å². The molecular weight excluding hydrogens is 472 g/mol. The molecule has 208 valence electrons. The van der Waals surface area contributed by atoms with Gasteiger partial charge in [0.1, 0.15) is 11.4 Å². The van der Waals surface area contributed by atoms with E-state index in [1.807, 2.05) is 27.7 Å². The van der Waals surface area contributed by atoms with Crippen molar-refractivity contribution in [2.45, 2.75) is 111 Å². The number of Topliss-reactive ketones (excluding diaryl/α,β-unsaturated/α-hetero) is 1. The molecule has 0 aromatic carbocycles. The fourth-order valence-electron chi connectivity index (χ4n) is 9.15. The highest BCUT2D eigenvalue weighted by molar-refractivity contribution is 5.97. The van der Waals surface area contributed by atoms with Crippen molar-refractivity contribution in [1.82, 2.24) is 0 Å². The Balaban J connectivity index is 1.79. The molecule has 3 fully saturated rings. The molecule has 10 atom stereocenters. The number of aliphatic hydroxyl groups is 5. The van der Waals surface area contributed by atoms with Gasteiger partial charge in [-0.1, -0.05) is 52.3 Å². The van der Waals surface area contributed by atoms with Gasteiger partial charge in [0, 0.05) is 23.2 Å². The van der Waals surface area contributed by atoms with Crippen molar-refractivity contribution < 1.29 is 35.1 Å². The molecule has 0 aromatic rings. The molecule has 7 heteroatoms. The van der Waals surface area contributed by atoms with E-state index in [1.54, 1.807) is 0 Å². The Bertz CT molecular complexity index is 1050. The molecule has 0 amide bonds. The average molecular weight is 519 g/mol. The van der Waals surface area contributed by atoms with E-state index in [0.29, 0.717) is 19.3 Å². The van der Waals surface area contributed by atoms with Crippen LogP contribution in [0.3, 0.4) is 0 Å². The van der Waals surface area contributed by atoms with Crippen molar-refractivity contribution in [2.75, 3.05) is 0 Å². The molecule has 0 radical (unpaired) electrons. The zero-order valence-electron chi connectivity index (χ0n) is 23.6. The second kappa shape index (κ2) is 8.31. The summed E-state index contributed by atoms with van der Waals surface area (Å²) in [4.78, 5) is 27.4. The second-order valence-corrected chi connectivity index (χ2v) is 14.4. The van der Waals surface area contributed by atoms with Gasteiger partial charge in [-0.2, -0.15) is 0 Å². The highest BCUT2D eigenvalue weighted by Gasteiger charge is 2.74. The highest BCUT2D eigenvalue weighted by Crippen LogP contribution is 2.74. The molecule has 0 saturated heterocycles. The van der Waals surface area contributed by atoms with Gasteiger partial charge in [0.15, 0.2) is 5.78 Å². The first-order chi connectivity index (χ1) is 16.7. The van der Waals surface area contributed by atoms with E-state index < -0.39 is 62.9 Å². The van der Waals surface area contributed by atoms with Crippen LogP contribution in [0.25, 0.3) is 0 Å². The number of ketones is 2. The quantitative estimate of drug-likeness (QED) is 0.285. The molecule has 4 aliphatic carbocycles. The van der Waals surface area contributed by atoms with Gasteiger partial charge in [-0.15, -0.1) is 0 Å². The summed E-state index contributed by atoms with van der Waals surface area (Å²) >= 11 is 0. The van der Waals surface area contributed by atoms with Crippen LogP contribution < -0.4 is 0 Å². The van der Waals surface area contributed by atoms with Crippen LogP contribution in [0.15, 0.2) is 23.8 Å². The smallest absolute Gasteiger partial charge is 0.187 e. The van der Waals surface area contributed by atoms with Crippen molar-refractivity contribution in [1.29, 1.82) is 0 Å². The molecule has 37 heavy (non-hydrogen) atoms. The predicted octanol–water partition coefficient (Wildman–Crippen LogP) is 2.72. The van der Waals surface area contributed by atoms with Crippen LogP contribution in [0.5, 0.6) is 0 Å². The molecule has 0 spiro atoms. The van der Waals surface area contributed by atoms with Gasteiger partial charge < -0.3 is 25.5 Å². The minimum absolute atomic E-state index is 0.0156. The lowest BCUT2D eigenvalue weighted by molar-refractivity contribution is -0.186. The van der Waals surface area contributed by atoms with Crippen LogP contribution in [-0.2, 0) is 9.59 Å². The third kappa shape index (κ3) is 3.79. The van der Waals surface area contributed by atoms with E-state index in [2.05, 4.69) is 13.0 Å². The van der Waals surface area contributed by atoms with Gasteiger partial charge >= 0.3 is 0 Å². The van der Waals surface area contributed by atoms with E-state index >= 15 is 0 Å². The lowest BCUT2D eigenvalue weighted by Crippen LogP contribution is -2.65. The van der Waals surface area contributed by atoms with Gasteiger partial charge in [-0.25, -0.2) is 0 Å². The maximum absolute atomic E-state index is 14.2. The molecule has 0 bridgehead atoms. The van der Waals surface area contributed by atoms with E-state index in [0.717, 1.165) is 5.57 Å². The summed E-state index contributed by atoms with van der Waals surface area (Å²) in [7, 11) is 0. The Morgan fingerprint density at radius 3 is 2.16 bits per heavy atom. The molecule has 0 aromatic heterocycles. The fraction of sp³-hybridized carbons (Fsp3) is 0.800. The highest BCUT2D eigenvalue weighted by atomic mass is 16.3. The largest absolute Gasteiger partial charge is 0.393 e. The number of carbonyl (C=O) groups is 2. The normalized spacial score (nSPS) is 47.1. The van der Waals surface area contributed by atoms with Crippen molar-refractivity contribution in [3.05, 3.63) is 23.8 Å². The Morgan fingerprint density at radius 1 is 1.00 bits per heavy atom. The number of rotatable bonds is 4. The Hall–Kier alpha value is -1.38. The zero-order valence-corrected chi connectivity index (χ0v) is 23.6. The van der Waals surface area contributed by atoms with Gasteiger partial charge in [0.2, 0.25) is 0 Å². The lowest BCUT2D eigenvalue weighted by Gasteiger charge is -2.65. The maximum atomic E-state index is 14.2. The molecule has 0 aliphatic heterocycles. The number of allylic oxidation sites excluding steroid dienone is 1. The SMILES string of the molecule is CC(C)(O)/C=C/C(=O)[C@](C)(O)[C@H]1[C@H](O)C[C@@]2(C)[C@@H]3CC=C4[C@@H](C[C@H](O)[C@H](O)C4(C)C)[C@]3(C)C(=O)C[C@]12C. The number of hydrogen-bond acceptors (Lipinski definition) is 7. The molecule has 0 heterocycles. The van der Waals surface area contributed by atoms with Crippen LogP contribution in [0.1, 0.15) is 81.1 Å². The molecule has 7 nitrogen and oxygen atoms in total. The summed E-state index contributed by atoms with van der Waals surface area (Å²) in [5.74, 6) is -1.88. The fourth-order valence-corrected chi connectivity index (χ4v) is 9.15. The van der Waals surface area contributed by atoms with Gasteiger partial charge in [0.25, 0.3) is 0 Å². The van der Waals surface area contributed by atoms with E-state index in [4.69, 9.17) is 0 Å². The number of fused-ring (bicyclic) bond motifs is 5. The van der Waals surface area contributed by atoms with Crippen LogP contribution >= 0.6 is 0 Å². The number of carbonyl (C=O) groups excluding carboxylic acids is 2. The Morgan fingerprint density at radius 2 is 1.59 bits per heavy atom. The third-order valence-corrected chi connectivity index (χ3v) is 11.4. The molecule has 0 unspecified atom stereocenters. The maximum Gasteiger partial charge on any atom is 0.187 e. The zero-order chi connectivity index (χ0) is 28.1. The molecule has 5 N–H and O–H groups in total. The number of aliphatic hydroxyl groups excluding tert-OH is 3. The van der Waals surface area contributed by atoms with Crippen molar-refractivity contribution in [2.24, 2.45) is 39.4 Å². The van der Waals surface area contributed by atoms with E-state index in [-0.39, 0.29) is 24.0 Å². The first kappa shape index (κ1) is 28.6. The standard InChI is InChI=1S/C30H46O7/c1-25(2,36)12-11-21(33)30(8,37)23-19(32)14-27(5)20-10-9-16-17(13-18(31)24(35)26(16,3)4)29(20,7)22(34)15-28(23,27)6/h9,11-12,17-20,23-24,31-32,35-37H,10,13-15H2,1-8H3/b12-11+/t17-,18+,19-,20+,23+,24+,27+,28-,29+,30+/m1/s1. The first-order valence-corrected chi connectivity index (χ1v) is 13.6. The summed E-state index contributed by atoms with van der Waals surface area (Å²) in [6.45, 7) is 14.3. The van der Waals surface area contributed by atoms with E-state index in [9.17, 15) is 35.1 Å². The summed E-state index contributed by atoms with van der Waals surface area (Å²) in [5.41, 5.74) is -5.07. The van der Waals surface area contributed by atoms with Crippen molar-refractivity contribution in [3.8, 4) is 0 Å². The third-order valence-electron chi connectivity index (χ3n) is 11.4. The molecule has 4 aliphatic rings. The van der Waals surface area contributed by atoms with Gasteiger partial charge in [0.05, 0.1) is 23.9 Å². The van der Waals surface area contributed by atoms with Gasteiger partial charge in [-0.05, 0) is 68.8 Å². The van der Waals surface area contributed by atoms with Crippen LogP contribution in [0, 0.1) is 39.4 Å². The average Bonchev–Trinajstić information content (AvgIpc) is 2.96. The summed E-state index contributed by atoms with van der Waals surface area (Å²) in [6.07, 6.45) is 3.10. The monoisotopic (exact) mass is 518 g/mol. The molecule has 4 rings (SSSR count). The minimum Gasteiger partial charge on any atom is -0.393 e. The lowest BCUT2D eigenvalue weighted by atomic mass is 9.38. The van der Waals surface area contributed by atoms with Crippen molar-refractivity contribution >= 4 is 11.6 Å². The second-order valence-electron chi connectivity index (χ2n) is 14.4. The number of hydrogen-bond donors (Lipinski definition) is 5. The summed E-state index contributed by atoms with van der Waals surface area (Å²) in [5, 5.41) is 54.6. The Labute approximate surface area is 220 Å². The summed E-state index contributed by atoms with van der Waals surface area (Å²) in [6, 6.07) is 0. The topological polar surface area (TPSA) is 135 Å². The molecule has 3 saturated carbocycles. The predicted molar refractivity (Wildman–Crippen MR) is 139 cm³/mol. The first-order valence-electron chi connectivity index (χ1n) is 13.6. The van der Waals surface area contributed by atoms with Crippen LogP contribution in [0.2, 0.25) is 0 Å². The Kier molecular flexibility index (Phi) is 6.43. The summed E-state index contributed by atoms with van der Waals surface area (Å²) < 4.78 is 0. The molecular formula is C30H46O7. The van der Waals surface area contributed by atoms with Crippen molar-refractivity contribution in [3.63, 3.8) is 0 Å². The minimum atomic E-state index is -1.94.